The Kier molecular flexibility index (Phi) is 7.90. The number of amides is 2. The molecule has 13 heteroatoms. The van der Waals surface area contributed by atoms with Crippen LogP contribution in [0.25, 0.3) is 0 Å². The number of hydrogen-bond acceptors (Lipinski definition) is 9. The van der Waals surface area contributed by atoms with E-state index in [4.69, 9.17) is 4.74 Å². The fourth-order valence-electron chi connectivity index (χ4n) is 3.41. The maximum absolute atomic E-state index is 12.4. The molecule has 2 heterocycles. The third-order valence-corrected chi connectivity index (χ3v) is 6.11. The van der Waals surface area contributed by atoms with Crippen molar-refractivity contribution in [2.45, 2.75) is 11.7 Å². The molecule has 12 nitrogen and oxygen atoms in total. The van der Waals surface area contributed by atoms with Crippen molar-refractivity contribution in [2.75, 3.05) is 37.0 Å². The number of non-ortho nitro benzene ring substituents is 1. The van der Waals surface area contributed by atoms with Crippen LogP contribution >= 0.6 is 11.8 Å². The van der Waals surface area contributed by atoms with Gasteiger partial charge in [0.15, 0.2) is 5.16 Å². The molecule has 1 saturated heterocycles. The first kappa shape index (κ1) is 24.2. The Labute approximate surface area is 204 Å². The summed E-state index contributed by atoms with van der Waals surface area (Å²) in [5, 5.41) is 20.1. The highest BCUT2D eigenvalue weighted by Crippen LogP contribution is 2.24. The van der Waals surface area contributed by atoms with Crippen LogP contribution in [0.3, 0.4) is 0 Å². The van der Waals surface area contributed by atoms with Gasteiger partial charge in [0, 0.05) is 30.8 Å². The number of nitrogens with zero attached hydrogens (tertiary/aromatic N) is 5. The van der Waals surface area contributed by atoms with Crippen molar-refractivity contribution < 1.29 is 19.2 Å². The first-order chi connectivity index (χ1) is 17.0. The minimum atomic E-state index is -0.658. The topological polar surface area (TPSA) is 145 Å². The van der Waals surface area contributed by atoms with Gasteiger partial charge in [-0.25, -0.2) is 0 Å². The van der Waals surface area contributed by atoms with Gasteiger partial charge in [-0.1, -0.05) is 48.2 Å². The number of carbonyl (C=O) groups excluding carboxylic acids is 2. The van der Waals surface area contributed by atoms with Gasteiger partial charge in [-0.15, -0.1) is 10.2 Å². The van der Waals surface area contributed by atoms with Crippen LogP contribution in [0.4, 0.5) is 11.6 Å². The summed E-state index contributed by atoms with van der Waals surface area (Å²) >= 11 is 1.19. The van der Waals surface area contributed by atoms with E-state index in [0.717, 1.165) is 11.6 Å². The first-order valence-electron chi connectivity index (χ1n) is 10.8. The highest BCUT2D eigenvalue weighted by Gasteiger charge is 2.21. The zero-order valence-electron chi connectivity index (χ0n) is 18.6. The van der Waals surface area contributed by atoms with Crippen LogP contribution < -0.4 is 15.8 Å². The molecular weight excluding hydrogens is 474 g/mol. The molecule has 0 atom stereocenters. The van der Waals surface area contributed by atoms with Crippen LogP contribution in [0.2, 0.25) is 0 Å². The molecule has 2 aromatic carbocycles. The molecule has 4 rings (SSSR count). The van der Waals surface area contributed by atoms with Crippen molar-refractivity contribution in [1.82, 2.24) is 25.6 Å². The second-order valence-corrected chi connectivity index (χ2v) is 8.49. The van der Waals surface area contributed by atoms with Gasteiger partial charge in [-0.05, 0) is 11.6 Å². The Hall–Kier alpha value is -3.97. The maximum atomic E-state index is 12.4. The fraction of sp³-hybridized carbons (Fsp3) is 0.273. The van der Waals surface area contributed by atoms with Crippen molar-refractivity contribution in [3.8, 4) is 0 Å². The van der Waals surface area contributed by atoms with E-state index < -0.39 is 16.7 Å². The van der Waals surface area contributed by atoms with Gasteiger partial charge >= 0.3 is 0 Å². The monoisotopic (exact) mass is 497 g/mol. The molecule has 35 heavy (non-hydrogen) atoms. The first-order valence-corrected chi connectivity index (χ1v) is 11.8. The Morgan fingerprint density at radius 1 is 1.06 bits per heavy atom. The summed E-state index contributed by atoms with van der Waals surface area (Å²) in [6.45, 7) is 3.14. The third-order valence-electron chi connectivity index (χ3n) is 5.14. The molecule has 182 valence electrons. The van der Waals surface area contributed by atoms with Crippen LogP contribution in [0, 0.1) is 10.1 Å². The number of benzene rings is 2. The lowest BCUT2D eigenvalue weighted by atomic mass is 10.2. The van der Waals surface area contributed by atoms with E-state index >= 15 is 0 Å². The van der Waals surface area contributed by atoms with E-state index in [0.29, 0.717) is 44.0 Å². The van der Waals surface area contributed by atoms with Gasteiger partial charge in [-0.2, -0.15) is 0 Å². The molecule has 0 spiro atoms. The van der Waals surface area contributed by atoms with Crippen LogP contribution in [-0.2, 0) is 16.1 Å². The fourth-order valence-corrected chi connectivity index (χ4v) is 4.15. The number of carbonyl (C=O) groups is 2. The number of nitro benzene ring substituents is 1. The third kappa shape index (κ3) is 6.33. The van der Waals surface area contributed by atoms with E-state index in [1.165, 1.54) is 30.0 Å². The minimum absolute atomic E-state index is 0.0226. The number of nitrogens with one attached hydrogen (secondary N) is 2. The number of aromatic nitrogens is 3. The number of anilines is 1. The molecular formula is C22H23N7O5S. The van der Waals surface area contributed by atoms with Crippen molar-refractivity contribution in [3.05, 3.63) is 75.8 Å². The maximum Gasteiger partial charge on any atom is 0.270 e. The zero-order valence-corrected chi connectivity index (χ0v) is 19.4. The van der Waals surface area contributed by atoms with Gasteiger partial charge in [0.25, 0.3) is 11.6 Å². The number of morpholine rings is 1. The quantitative estimate of drug-likeness (QED) is 0.269. The summed E-state index contributed by atoms with van der Waals surface area (Å²) in [5.74, 6) is -0.436. The lowest BCUT2D eigenvalue weighted by Gasteiger charge is -2.28. The largest absolute Gasteiger partial charge is 0.378 e. The van der Waals surface area contributed by atoms with E-state index in [-0.39, 0.29) is 17.0 Å². The van der Waals surface area contributed by atoms with E-state index in [9.17, 15) is 19.7 Å². The normalized spacial score (nSPS) is 13.3. The van der Waals surface area contributed by atoms with Gasteiger partial charge in [0.1, 0.15) is 0 Å². The predicted octanol–water partition coefficient (Wildman–Crippen LogP) is 1.62. The Balaban J connectivity index is 1.39. The van der Waals surface area contributed by atoms with Crippen molar-refractivity contribution in [3.63, 3.8) is 0 Å². The zero-order chi connectivity index (χ0) is 24.6. The molecule has 0 saturated carbocycles. The summed E-state index contributed by atoms with van der Waals surface area (Å²) < 4.78 is 7.40. The molecule has 1 aromatic heterocycles. The van der Waals surface area contributed by atoms with E-state index in [1.807, 2.05) is 34.9 Å². The highest BCUT2D eigenvalue weighted by atomic mass is 32.2. The van der Waals surface area contributed by atoms with Gasteiger partial charge in [0.05, 0.1) is 30.4 Å². The van der Waals surface area contributed by atoms with Crippen molar-refractivity contribution in [2.24, 2.45) is 0 Å². The van der Waals surface area contributed by atoms with Crippen LogP contribution in [0.5, 0.6) is 0 Å². The molecule has 0 aliphatic carbocycles. The van der Waals surface area contributed by atoms with E-state index in [1.54, 1.807) is 0 Å². The average Bonchev–Trinajstić information content (AvgIpc) is 3.29. The summed E-state index contributed by atoms with van der Waals surface area (Å²) in [6, 6.07) is 15.1. The number of hydrazine groups is 1. The Morgan fingerprint density at radius 3 is 2.57 bits per heavy atom. The molecule has 3 aromatic rings. The molecule has 1 aliphatic rings. The highest BCUT2D eigenvalue weighted by molar-refractivity contribution is 7.99. The SMILES string of the molecule is O=C(CSc1nnc(N2CCOCC2)n1Cc1ccccc1)NNC(=O)c1cccc([N+](=O)[O-])c1. The second kappa shape index (κ2) is 11.4. The summed E-state index contributed by atoms with van der Waals surface area (Å²) in [6.07, 6.45) is 0. The molecule has 0 radical (unpaired) electrons. The van der Waals surface area contributed by atoms with Gasteiger partial charge < -0.3 is 9.64 Å². The molecule has 2 N–H and O–H groups in total. The number of thioether (sulfide) groups is 1. The van der Waals surface area contributed by atoms with Crippen LogP contribution in [0.15, 0.2) is 59.8 Å². The smallest absolute Gasteiger partial charge is 0.270 e. The number of rotatable bonds is 8. The lowest BCUT2D eigenvalue weighted by Crippen LogP contribution is -2.42. The summed E-state index contributed by atoms with van der Waals surface area (Å²) in [5.41, 5.74) is 5.51. The molecule has 1 fully saturated rings. The lowest BCUT2D eigenvalue weighted by molar-refractivity contribution is -0.384. The van der Waals surface area contributed by atoms with E-state index in [2.05, 4.69) is 25.9 Å². The van der Waals surface area contributed by atoms with Gasteiger partial charge in [0.2, 0.25) is 11.9 Å². The second-order valence-electron chi connectivity index (χ2n) is 7.55. The Morgan fingerprint density at radius 2 is 1.83 bits per heavy atom. The predicted molar refractivity (Wildman–Crippen MR) is 128 cm³/mol. The number of ether oxygens (including phenoxy) is 1. The van der Waals surface area contributed by atoms with Crippen LogP contribution in [-0.4, -0.2) is 63.6 Å². The summed E-state index contributed by atoms with van der Waals surface area (Å²) in [4.78, 5) is 37.0. The molecule has 0 unspecified atom stereocenters. The van der Waals surface area contributed by atoms with Gasteiger partial charge in [-0.3, -0.25) is 35.1 Å². The standard InChI is InChI=1S/C22H23N7O5S/c30-19(23-24-20(31)17-7-4-8-18(13-17)29(32)33)15-35-22-26-25-21(27-9-11-34-12-10-27)28(22)14-16-5-2-1-3-6-16/h1-8,13H,9-12,14-15H2,(H,23,30)(H,24,31). The Bertz CT molecular complexity index is 1200. The van der Waals surface area contributed by atoms with Crippen molar-refractivity contribution in [1.29, 1.82) is 0 Å². The molecule has 0 bridgehead atoms. The minimum Gasteiger partial charge on any atom is -0.378 e. The number of nitro groups is 1. The summed E-state index contributed by atoms with van der Waals surface area (Å²) in [7, 11) is 0. The molecule has 1 aliphatic heterocycles. The average molecular weight is 498 g/mol. The van der Waals surface area contributed by atoms with Crippen LogP contribution in [0.1, 0.15) is 15.9 Å². The number of hydrogen-bond donors (Lipinski definition) is 2. The molecule has 2 amide bonds. The van der Waals surface area contributed by atoms with Crippen molar-refractivity contribution >= 4 is 35.2 Å².